The van der Waals surface area contributed by atoms with Gasteiger partial charge in [-0.2, -0.15) is 0 Å². The van der Waals surface area contributed by atoms with Crippen molar-refractivity contribution in [3.05, 3.63) is 36.0 Å². The van der Waals surface area contributed by atoms with Crippen molar-refractivity contribution >= 4 is 16.9 Å². The number of aromatic amines is 1. The van der Waals surface area contributed by atoms with Crippen molar-refractivity contribution in [1.29, 1.82) is 0 Å². The standard InChI is InChI=1S/C10H9NO3/c12-9(10(13)14)7-5-11-8-4-2-1-3-6(7)8/h1-5,9,11-12H,(H,13,14)/p-1/t9-/m1/s1. The third-order valence-electron chi connectivity index (χ3n) is 2.14. The highest BCUT2D eigenvalue weighted by atomic mass is 16.4. The summed E-state index contributed by atoms with van der Waals surface area (Å²) in [6.45, 7) is 0. The number of aromatic nitrogens is 1. The first-order valence-corrected chi connectivity index (χ1v) is 4.15. The van der Waals surface area contributed by atoms with Gasteiger partial charge in [-0.15, -0.1) is 0 Å². The molecule has 0 fully saturated rings. The first kappa shape index (κ1) is 8.77. The van der Waals surface area contributed by atoms with E-state index in [0.717, 1.165) is 5.52 Å². The second-order valence-electron chi connectivity index (χ2n) is 3.01. The highest BCUT2D eigenvalue weighted by molar-refractivity contribution is 5.87. The Balaban J connectivity index is 2.58. The van der Waals surface area contributed by atoms with Crippen LogP contribution in [0.5, 0.6) is 0 Å². The van der Waals surface area contributed by atoms with Gasteiger partial charge in [0.2, 0.25) is 0 Å². The topological polar surface area (TPSA) is 76.2 Å². The van der Waals surface area contributed by atoms with Gasteiger partial charge < -0.3 is 20.0 Å². The Kier molecular flexibility index (Phi) is 1.98. The van der Waals surface area contributed by atoms with Gasteiger partial charge in [0.25, 0.3) is 0 Å². The molecular weight excluding hydrogens is 182 g/mol. The van der Waals surface area contributed by atoms with E-state index in [0.29, 0.717) is 10.9 Å². The third kappa shape index (κ3) is 1.25. The second kappa shape index (κ2) is 3.16. The van der Waals surface area contributed by atoms with Crippen molar-refractivity contribution in [2.45, 2.75) is 6.10 Å². The number of hydrogen-bond acceptors (Lipinski definition) is 3. The normalized spacial score (nSPS) is 12.9. The number of carbonyl (C=O) groups is 1. The zero-order chi connectivity index (χ0) is 10.1. The molecule has 4 heteroatoms. The van der Waals surface area contributed by atoms with Gasteiger partial charge in [0.15, 0.2) is 0 Å². The van der Waals surface area contributed by atoms with Gasteiger partial charge in [0.1, 0.15) is 6.10 Å². The number of H-pyrrole nitrogens is 1. The summed E-state index contributed by atoms with van der Waals surface area (Å²) < 4.78 is 0. The highest BCUT2D eigenvalue weighted by Crippen LogP contribution is 2.23. The van der Waals surface area contributed by atoms with Crippen LogP contribution in [0.1, 0.15) is 11.7 Å². The Bertz CT molecular complexity index is 475. The number of hydrogen-bond donors (Lipinski definition) is 2. The molecule has 1 heterocycles. The van der Waals surface area contributed by atoms with Crippen molar-refractivity contribution in [2.24, 2.45) is 0 Å². The number of carboxylic acids is 1. The Morgan fingerprint density at radius 1 is 1.43 bits per heavy atom. The van der Waals surface area contributed by atoms with E-state index in [4.69, 9.17) is 0 Å². The van der Waals surface area contributed by atoms with Gasteiger partial charge >= 0.3 is 0 Å². The lowest BCUT2D eigenvalue weighted by Crippen LogP contribution is -2.29. The molecule has 0 amide bonds. The zero-order valence-electron chi connectivity index (χ0n) is 7.23. The van der Waals surface area contributed by atoms with Gasteiger partial charge in [-0.05, 0) is 6.07 Å². The van der Waals surface area contributed by atoms with Gasteiger partial charge in [-0.3, -0.25) is 0 Å². The zero-order valence-corrected chi connectivity index (χ0v) is 7.23. The van der Waals surface area contributed by atoms with E-state index in [1.54, 1.807) is 18.2 Å². The van der Waals surface area contributed by atoms with E-state index in [2.05, 4.69) is 4.98 Å². The lowest BCUT2D eigenvalue weighted by molar-refractivity contribution is -0.315. The van der Waals surface area contributed by atoms with E-state index in [9.17, 15) is 15.0 Å². The summed E-state index contributed by atoms with van der Waals surface area (Å²) in [7, 11) is 0. The van der Waals surface area contributed by atoms with Gasteiger partial charge in [-0.1, -0.05) is 18.2 Å². The van der Waals surface area contributed by atoms with Crippen LogP contribution in [0.2, 0.25) is 0 Å². The van der Waals surface area contributed by atoms with Crippen LogP contribution in [0.4, 0.5) is 0 Å². The molecule has 1 atom stereocenters. The van der Waals surface area contributed by atoms with Crippen molar-refractivity contribution < 1.29 is 15.0 Å². The fraction of sp³-hybridized carbons (Fsp3) is 0.100. The Morgan fingerprint density at radius 2 is 2.14 bits per heavy atom. The summed E-state index contributed by atoms with van der Waals surface area (Å²) >= 11 is 0. The quantitative estimate of drug-likeness (QED) is 0.697. The summed E-state index contributed by atoms with van der Waals surface area (Å²) in [6.07, 6.45) is -0.100. The molecule has 0 radical (unpaired) electrons. The number of aliphatic carboxylic acids is 1. The SMILES string of the molecule is O=C([O-])[C@H](O)c1c[nH]c2ccccc12. The van der Waals surface area contributed by atoms with Gasteiger partial charge in [-0.25, -0.2) is 0 Å². The van der Waals surface area contributed by atoms with Crippen LogP contribution in [0.3, 0.4) is 0 Å². The Morgan fingerprint density at radius 3 is 2.86 bits per heavy atom. The maximum Gasteiger partial charge on any atom is 0.120 e. The fourth-order valence-corrected chi connectivity index (χ4v) is 1.45. The average molecular weight is 190 g/mol. The smallest absolute Gasteiger partial charge is 0.120 e. The predicted octanol–water partition coefficient (Wildman–Crippen LogP) is -0.0488. The summed E-state index contributed by atoms with van der Waals surface area (Å²) in [5.41, 5.74) is 1.13. The molecule has 72 valence electrons. The molecule has 0 aliphatic carbocycles. The Hall–Kier alpha value is -1.81. The number of rotatable bonds is 2. The molecule has 4 nitrogen and oxygen atoms in total. The maximum atomic E-state index is 10.5. The van der Waals surface area contributed by atoms with Crippen molar-refractivity contribution in [2.75, 3.05) is 0 Å². The van der Waals surface area contributed by atoms with Crippen LogP contribution in [0, 0.1) is 0 Å². The summed E-state index contributed by atoms with van der Waals surface area (Å²) in [6, 6.07) is 7.16. The molecule has 14 heavy (non-hydrogen) atoms. The molecule has 0 aliphatic heterocycles. The molecule has 0 spiro atoms. The number of aliphatic hydroxyl groups excluding tert-OH is 1. The largest absolute Gasteiger partial charge is 0.547 e. The summed E-state index contributed by atoms with van der Waals surface area (Å²) in [5.74, 6) is -1.49. The maximum absolute atomic E-state index is 10.5. The van der Waals surface area contributed by atoms with Crippen LogP contribution in [0.25, 0.3) is 10.9 Å². The van der Waals surface area contributed by atoms with E-state index >= 15 is 0 Å². The van der Waals surface area contributed by atoms with Crippen molar-refractivity contribution in [1.82, 2.24) is 4.98 Å². The number of fused-ring (bicyclic) bond motifs is 1. The molecule has 0 unspecified atom stereocenters. The molecular formula is C10H8NO3-. The lowest BCUT2D eigenvalue weighted by atomic mass is 10.1. The number of carbonyl (C=O) groups excluding carboxylic acids is 1. The van der Waals surface area contributed by atoms with Crippen LogP contribution >= 0.6 is 0 Å². The monoisotopic (exact) mass is 190 g/mol. The Labute approximate surface area is 79.8 Å². The summed E-state index contributed by atoms with van der Waals surface area (Å²) in [5, 5.41) is 20.5. The van der Waals surface area contributed by atoms with Crippen molar-refractivity contribution in [3.63, 3.8) is 0 Å². The number of aliphatic hydroxyl groups is 1. The van der Waals surface area contributed by atoms with Crippen LogP contribution in [-0.4, -0.2) is 16.1 Å². The molecule has 0 saturated heterocycles. The van der Waals surface area contributed by atoms with Gasteiger partial charge in [0.05, 0.1) is 5.97 Å². The lowest BCUT2D eigenvalue weighted by Gasteiger charge is -2.09. The minimum atomic E-state index is -1.58. The van der Waals surface area contributed by atoms with Crippen LogP contribution < -0.4 is 5.11 Å². The molecule has 1 aromatic carbocycles. The van der Waals surface area contributed by atoms with Crippen molar-refractivity contribution in [3.8, 4) is 0 Å². The number of para-hydroxylation sites is 1. The second-order valence-corrected chi connectivity index (χ2v) is 3.01. The molecule has 0 saturated carbocycles. The van der Waals surface area contributed by atoms with Crippen LogP contribution in [-0.2, 0) is 4.79 Å². The molecule has 0 bridgehead atoms. The average Bonchev–Trinajstić information content (AvgIpc) is 2.60. The minimum Gasteiger partial charge on any atom is -0.547 e. The van der Waals surface area contributed by atoms with Gasteiger partial charge in [0, 0.05) is 22.7 Å². The van der Waals surface area contributed by atoms with E-state index in [-0.39, 0.29) is 0 Å². The fourth-order valence-electron chi connectivity index (χ4n) is 1.45. The molecule has 2 N–H and O–H groups in total. The first-order valence-electron chi connectivity index (χ1n) is 4.15. The molecule has 2 aromatic rings. The van der Waals surface area contributed by atoms with Crippen LogP contribution in [0.15, 0.2) is 30.5 Å². The predicted molar refractivity (Wildman–Crippen MR) is 48.3 cm³/mol. The van der Waals surface area contributed by atoms with E-state index < -0.39 is 12.1 Å². The molecule has 2 rings (SSSR count). The number of carboxylic acid groups (broad SMARTS) is 1. The minimum absolute atomic E-state index is 0.334. The molecule has 1 aromatic heterocycles. The summed E-state index contributed by atoms with van der Waals surface area (Å²) in [4.78, 5) is 13.3. The van der Waals surface area contributed by atoms with E-state index in [1.165, 1.54) is 6.20 Å². The third-order valence-corrected chi connectivity index (χ3v) is 2.14. The first-order chi connectivity index (χ1) is 6.70. The molecule has 0 aliphatic rings. The number of benzene rings is 1. The van der Waals surface area contributed by atoms with E-state index in [1.807, 2.05) is 6.07 Å². The highest BCUT2D eigenvalue weighted by Gasteiger charge is 2.12. The number of nitrogens with one attached hydrogen (secondary N) is 1.